The molecule has 0 aromatic heterocycles. The van der Waals surface area contributed by atoms with Crippen LogP contribution in [-0.2, 0) is 14.6 Å². The van der Waals surface area contributed by atoms with E-state index < -0.39 is 15.9 Å². The molecule has 2 aromatic rings. The van der Waals surface area contributed by atoms with Gasteiger partial charge in [0.15, 0.2) is 15.9 Å². The number of rotatable bonds is 7. The Morgan fingerprint density at radius 1 is 1.15 bits per heavy atom. The third-order valence-corrected chi connectivity index (χ3v) is 5.23. The Bertz CT molecular complexity index is 860. The van der Waals surface area contributed by atoms with Gasteiger partial charge in [-0.3, -0.25) is 4.79 Å². The number of carbonyl (C=O) groups excluding carboxylic acids is 1. The molecule has 2 rings (SSSR count). The molecular weight excluding hydrogens is 350 g/mol. The molecule has 2 unspecified atom stereocenters. The fraction of sp³-hybridized carbons (Fsp3) is 0.350. The highest BCUT2D eigenvalue weighted by atomic mass is 32.2. The molecule has 0 fully saturated rings. The highest BCUT2D eigenvalue weighted by molar-refractivity contribution is 7.90. The molecule has 1 amide bonds. The maximum absolute atomic E-state index is 12.5. The number of ether oxygens (including phenoxy) is 1. The van der Waals surface area contributed by atoms with Gasteiger partial charge in [0, 0.05) is 6.26 Å². The standard InChI is InChI=1S/C20H25NO4S/c1-5-19(25-17-8-6-7-14(2)13-17)20(22)21-15(3)16-9-11-18(12-10-16)26(4,23)24/h6-13,15,19H,5H2,1-4H3,(H,21,22). The second-order valence-corrected chi connectivity index (χ2v) is 8.42. The first-order valence-electron chi connectivity index (χ1n) is 8.54. The maximum atomic E-state index is 12.5. The number of amides is 1. The lowest BCUT2D eigenvalue weighted by molar-refractivity contribution is -0.128. The van der Waals surface area contributed by atoms with Crippen molar-refractivity contribution in [3.05, 3.63) is 59.7 Å². The minimum atomic E-state index is -3.23. The van der Waals surface area contributed by atoms with Crippen LogP contribution in [-0.4, -0.2) is 26.7 Å². The molecule has 1 N–H and O–H groups in total. The summed E-state index contributed by atoms with van der Waals surface area (Å²) in [5.74, 6) is 0.464. The molecule has 0 aliphatic rings. The van der Waals surface area contributed by atoms with Gasteiger partial charge in [0.25, 0.3) is 5.91 Å². The van der Waals surface area contributed by atoms with E-state index in [-0.39, 0.29) is 16.8 Å². The van der Waals surface area contributed by atoms with Gasteiger partial charge in [0.1, 0.15) is 5.75 Å². The number of carbonyl (C=O) groups is 1. The highest BCUT2D eigenvalue weighted by Gasteiger charge is 2.21. The summed E-state index contributed by atoms with van der Waals surface area (Å²) in [5, 5.41) is 2.93. The van der Waals surface area contributed by atoms with Gasteiger partial charge >= 0.3 is 0 Å². The Kier molecular flexibility index (Phi) is 6.42. The molecule has 0 aliphatic carbocycles. The monoisotopic (exact) mass is 375 g/mol. The van der Waals surface area contributed by atoms with Gasteiger partial charge in [-0.15, -0.1) is 0 Å². The van der Waals surface area contributed by atoms with E-state index >= 15 is 0 Å². The number of benzene rings is 2. The quantitative estimate of drug-likeness (QED) is 0.805. The average molecular weight is 375 g/mol. The van der Waals surface area contributed by atoms with Crippen LogP contribution < -0.4 is 10.1 Å². The first kappa shape index (κ1) is 20.0. The lowest BCUT2D eigenvalue weighted by Crippen LogP contribution is -2.39. The van der Waals surface area contributed by atoms with E-state index in [9.17, 15) is 13.2 Å². The molecule has 0 heterocycles. The fourth-order valence-electron chi connectivity index (χ4n) is 2.57. The van der Waals surface area contributed by atoms with Gasteiger partial charge in [-0.1, -0.05) is 31.2 Å². The normalized spacial score (nSPS) is 13.7. The lowest BCUT2D eigenvalue weighted by atomic mass is 10.1. The van der Waals surface area contributed by atoms with Crippen molar-refractivity contribution in [2.75, 3.05) is 6.26 Å². The Morgan fingerprint density at radius 3 is 2.35 bits per heavy atom. The van der Waals surface area contributed by atoms with E-state index in [1.807, 2.05) is 45.0 Å². The smallest absolute Gasteiger partial charge is 0.261 e. The first-order valence-corrected chi connectivity index (χ1v) is 10.4. The second kappa shape index (κ2) is 8.36. The molecule has 0 spiro atoms. The number of nitrogens with one attached hydrogen (secondary N) is 1. The zero-order chi connectivity index (χ0) is 19.3. The molecule has 2 atom stereocenters. The fourth-order valence-corrected chi connectivity index (χ4v) is 3.20. The Labute approximate surface area is 155 Å². The number of aryl methyl sites for hydroxylation is 1. The zero-order valence-corrected chi connectivity index (χ0v) is 16.3. The summed E-state index contributed by atoms with van der Waals surface area (Å²) in [6, 6.07) is 13.8. The van der Waals surface area contributed by atoms with Crippen LogP contribution in [0.5, 0.6) is 5.75 Å². The molecule has 0 saturated heterocycles. The summed E-state index contributed by atoms with van der Waals surface area (Å²) < 4.78 is 28.9. The van der Waals surface area contributed by atoms with Crippen molar-refractivity contribution in [1.82, 2.24) is 5.32 Å². The molecule has 0 bridgehead atoms. The van der Waals surface area contributed by atoms with E-state index in [1.165, 1.54) is 6.26 Å². The van der Waals surface area contributed by atoms with Crippen molar-refractivity contribution < 1.29 is 17.9 Å². The first-order chi connectivity index (χ1) is 12.2. The van der Waals surface area contributed by atoms with Crippen LogP contribution in [0.2, 0.25) is 0 Å². The number of hydrogen-bond acceptors (Lipinski definition) is 4. The maximum Gasteiger partial charge on any atom is 0.261 e. The van der Waals surface area contributed by atoms with Gasteiger partial charge in [0.05, 0.1) is 10.9 Å². The van der Waals surface area contributed by atoms with Crippen LogP contribution in [0, 0.1) is 6.92 Å². The van der Waals surface area contributed by atoms with E-state index in [2.05, 4.69) is 5.32 Å². The molecule has 0 aliphatic heterocycles. The highest BCUT2D eigenvalue weighted by Crippen LogP contribution is 2.18. The zero-order valence-electron chi connectivity index (χ0n) is 15.5. The molecule has 0 saturated carbocycles. The van der Waals surface area contributed by atoms with Gasteiger partial charge in [-0.25, -0.2) is 8.42 Å². The van der Waals surface area contributed by atoms with Gasteiger partial charge in [-0.2, -0.15) is 0 Å². The summed E-state index contributed by atoms with van der Waals surface area (Å²) in [6.45, 7) is 5.72. The third kappa shape index (κ3) is 5.33. The minimum absolute atomic E-state index is 0.200. The van der Waals surface area contributed by atoms with Crippen molar-refractivity contribution in [2.24, 2.45) is 0 Å². The lowest BCUT2D eigenvalue weighted by Gasteiger charge is -2.21. The Hall–Kier alpha value is -2.34. The van der Waals surface area contributed by atoms with Gasteiger partial charge < -0.3 is 10.1 Å². The van der Waals surface area contributed by atoms with Crippen LogP contribution in [0.15, 0.2) is 53.4 Å². The summed E-state index contributed by atoms with van der Waals surface area (Å²) in [7, 11) is -3.23. The summed E-state index contributed by atoms with van der Waals surface area (Å²) in [5.41, 5.74) is 1.90. The summed E-state index contributed by atoms with van der Waals surface area (Å²) in [4.78, 5) is 12.8. The summed E-state index contributed by atoms with van der Waals surface area (Å²) >= 11 is 0. The molecule has 6 heteroatoms. The Morgan fingerprint density at radius 2 is 1.81 bits per heavy atom. The number of sulfone groups is 1. The van der Waals surface area contributed by atoms with Crippen LogP contribution in [0.4, 0.5) is 0 Å². The Balaban J connectivity index is 2.04. The van der Waals surface area contributed by atoms with E-state index in [0.29, 0.717) is 12.2 Å². The van der Waals surface area contributed by atoms with E-state index in [4.69, 9.17) is 4.74 Å². The van der Waals surface area contributed by atoms with Gasteiger partial charge in [-0.05, 0) is 55.7 Å². The van der Waals surface area contributed by atoms with Crippen molar-refractivity contribution in [3.63, 3.8) is 0 Å². The van der Waals surface area contributed by atoms with Crippen molar-refractivity contribution >= 4 is 15.7 Å². The van der Waals surface area contributed by atoms with E-state index in [0.717, 1.165) is 11.1 Å². The average Bonchev–Trinajstić information content (AvgIpc) is 2.59. The van der Waals surface area contributed by atoms with Gasteiger partial charge in [0.2, 0.25) is 0 Å². The van der Waals surface area contributed by atoms with Crippen molar-refractivity contribution in [2.45, 2.75) is 44.2 Å². The van der Waals surface area contributed by atoms with Crippen LogP contribution in [0.3, 0.4) is 0 Å². The van der Waals surface area contributed by atoms with Crippen LogP contribution in [0.1, 0.15) is 37.4 Å². The second-order valence-electron chi connectivity index (χ2n) is 6.40. The molecule has 2 aromatic carbocycles. The van der Waals surface area contributed by atoms with E-state index in [1.54, 1.807) is 24.3 Å². The van der Waals surface area contributed by atoms with Crippen molar-refractivity contribution in [1.29, 1.82) is 0 Å². The predicted octanol–water partition coefficient (Wildman–Crippen LogP) is 3.43. The molecule has 26 heavy (non-hydrogen) atoms. The van der Waals surface area contributed by atoms with Crippen molar-refractivity contribution in [3.8, 4) is 5.75 Å². The molecule has 5 nitrogen and oxygen atoms in total. The summed E-state index contributed by atoms with van der Waals surface area (Å²) in [6.07, 6.45) is 1.12. The predicted molar refractivity (Wildman–Crippen MR) is 102 cm³/mol. The third-order valence-electron chi connectivity index (χ3n) is 4.10. The van der Waals surface area contributed by atoms with Crippen LogP contribution in [0.25, 0.3) is 0 Å². The largest absolute Gasteiger partial charge is 0.481 e. The molecule has 0 radical (unpaired) electrons. The van der Waals surface area contributed by atoms with Crippen LogP contribution >= 0.6 is 0 Å². The molecular formula is C20H25NO4S. The number of hydrogen-bond donors (Lipinski definition) is 1. The topological polar surface area (TPSA) is 72.5 Å². The minimum Gasteiger partial charge on any atom is -0.481 e. The SMILES string of the molecule is CCC(Oc1cccc(C)c1)C(=O)NC(C)c1ccc(S(C)(=O)=O)cc1. The molecule has 140 valence electrons.